The van der Waals surface area contributed by atoms with Crippen LogP contribution in [0.3, 0.4) is 0 Å². The predicted molar refractivity (Wildman–Crippen MR) is 67.0 cm³/mol. The SMILES string of the molecule is CCC(CN)N1CCCOc2ccccc21. The quantitative estimate of drug-likeness (QED) is 0.847. The van der Waals surface area contributed by atoms with E-state index in [1.807, 2.05) is 12.1 Å². The Kier molecular flexibility index (Phi) is 3.67. The Morgan fingerprint density at radius 1 is 1.44 bits per heavy atom. The molecule has 2 N–H and O–H groups in total. The van der Waals surface area contributed by atoms with Crippen LogP contribution in [0.1, 0.15) is 19.8 Å². The molecule has 1 atom stereocenters. The molecule has 1 heterocycles. The van der Waals surface area contributed by atoms with Gasteiger partial charge in [-0.05, 0) is 25.0 Å². The van der Waals surface area contributed by atoms with Gasteiger partial charge in [0.25, 0.3) is 0 Å². The highest BCUT2D eigenvalue weighted by Crippen LogP contribution is 2.32. The molecule has 0 bridgehead atoms. The summed E-state index contributed by atoms with van der Waals surface area (Å²) < 4.78 is 5.74. The zero-order valence-corrected chi connectivity index (χ0v) is 9.86. The number of hydrogen-bond donors (Lipinski definition) is 1. The van der Waals surface area contributed by atoms with Crippen LogP contribution in [-0.2, 0) is 0 Å². The zero-order valence-electron chi connectivity index (χ0n) is 9.86. The van der Waals surface area contributed by atoms with Crippen LogP contribution in [0.15, 0.2) is 24.3 Å². The number of benzene rings is 1. The third-order valence-corrected chi connectivity index (χ3v) is 3.16. The van der Waals surface area contributed by atoms with E-state index in [1.54, 1.807) is 0 Å². The van der Waals surface area contributed by atoms with Crippen molar-refractivity contribution in [3.05, 3.63) is 24.3 Å². The summed E-state index contributed by atoms with van der Waals surface area (Å²) in [5, 5.41) is 0. The fourth-order valence-corrected chi connectivity index (χ4v) is 2.25. The molecule has 1 aromatic rings. The first-order valence-corrected chi connectivity index (χ1v) is 6.05. The molecule has 3 nitrogen and oxygen atoms in total. The molecule has 1 aliphatic rings. The molecular weight excluding hydrogens is 200 g/mol. The average molecular weight is 220 g/mol. The normalized spacial score (nSPS) is 17.2. The predicted octanol–water partition coefficient (Wildman–Crippen LogP) is 2.01. The van der Waals surface area contributed by atoms with Crippen LogP contribution in [0.5, 0.6) is 5.75 Å². The molecule has 1 aliphatic heterocycles. The molecule has 0 spiro atoms. The molecule has 3 heteroatoms. The minimum absolute atomic E-state index is 0.419. The Bertz CT molecular complexity index is 336. The number of ether oxygens (including phenoxy) is 1. The van der Waals surface area contributed by atoms with Gasteiger partial charge in [-0.3, -0.25) is 0 Å². The van der Waals surface area contributed by atoms with Crippen molar-refractivity contribution < 1.29 is 4.74 Å². The monoisotopic (exact) mass is 220 g/mol. The third-order valence-electron chi connectivity index (χ3n) is 3.16. The Morgan fingerprint density at radius 3 is 3.00 bits per heavy atom. The van der Waals surface area contributed by atoms with Gasteiger partial charge in [-0.15, -0.1) is 0 Å². The third kappa shape index (κ3) is 2.14. The molecule has 0 saturated heterocycles. The highest BCUT2D eigenvalue weighted by atomic mass is 16.5. The van der Waals surface area contributed by atoms with Crippen LogP contribution in [-0.4, -0.2) is 25.7 Å². The van der Waals surface area contributed by atoms with E-state index in [9.17, 15) is 0 Å². The fraction of sp³-hybridized carbons (Fsp3) is 0.538. The summed E-state index contributed by atoms with van der Waals surface area (Å²) in [5.74, 6) is 0.993. The second-order valence-corrected chi connectivity index (χ2v) is 4.16. The van der Waals surface area contributed by atoms with Crippen LogP contribution >= 0.6 is 0 Å². The van der Waals surface area contributed by atoms with Crippen molar-refractivity contribution in [2.24, 2.45) is 5.73 Å². The molecule has 0 fully saturated rings. The molecule has 1 unspecified atom stereocenters. The number of rotatable bonds is 3. The van der Waals surface area contributed by atoms with Crippen molar-refractivity contribution in [2.45, 2.75) is 25.8 Å². The van der Waals surface area contributed by atoms with E-state index in [2.05, 4.69) is 24.0 Å². The van der Waals surface area contributed by atoms with Gasteiger partial charge in [-0.1, -0.05) is 19.1 Å². The first-order valence-electron chi connectivity index (χ1n) is 6.05. The van der Waals surface area contributed by atoms with Gasteiger partial charge in [0.15, 0.2) is 0 Å². The maximum Gasteiger partial charge on any atom is 0.142 e. The van der Waals surface area contributed by atoms with Crippen molar-refractivity contribution in [3.63, 3.8) is 0 Å². The molecule has 0 aromatic heterocycles. The number of anilines is 1. The summed E-state index contributed by atoms with van der Waals surface area (Å²) in [5.41, 5.74) is 7.03. The summed E-state index contributed by atoms with van der Waals surface area (Å²) in [7, 11) is 0. The lowest BCUT2D eigenvalue weighted by atomic mass is 10.1. The standard InChI is InChI=1S/C13H20N2O/c1-2-11(10-14)15-8-5-9-16-13-7-4-3-6-12(13)15/h3-4,6-7,11H,2,5,8-10,14H2,1H3. The summed E-state index contributed by atoms with van der Waals surface area (Å²) >= 11 is 0. The van der Waals surface area contributed by atoms with E-state index in [0.29, 0.717) is 12.6 Å². The van der Waals surface area contributed by atoms with Gasteiger partial charge in [0.05, 0.1) is 12.3 Å². The molecule has 1 aromatic carbocycles. The van der Waals surface area contributed by atoms with Crippen molar-refractivity contribution >= 4 is 5.69 Å². The van der Waals surface area contributed by atoms with Crippen molar-refractivity contribution in [1.29, 1.82) is 0 Å². The van der Waals surface area contributed by atoms with Crippen molar-refractivity contribution in [3.8, 4) is 5.75 Å². The number of para-hydroxylation sites is 2. The highest BCUT2D eigenvalue weighted by Gasteiger charge is 2.21. The highest BCUT2D eigenvalue weighted by molar-refractivity contribution is 5.59. The molecule has 88 valence electrons. The van der Waals surface area contributed by atoms with Gasteiger partial charge in [0.1, 0.15) is 5.75 Å². The van der Waals surface area contributed by atoms with E-state index in [4.69, 9.17) is 10.5 Å². The van der Waals surface area contributed by atoms with Crippen LogP contribution in [0, 0.1) is 0 Å². The number of fused-ring (bicyclic) bond motifs is 1. The molecule has 0 saturated carbocycles. The molecule has 2 rings (SSSR count). The first-order chi connectivity index (χ1) is 7.86. The van der Waals surface area contributed by atoms with Gasteiger partial charge in [-0.25, -0.2) is 0 Å². The van der Waals surface area contributed by atoms with Crippen molar-refractivity contribution in [2.75, 3.05) is 24.6 Å². The summed E-state index contributed by atoms with van der Waals surface area (Å²) in [4.78, 5) is 2.39. The maximum absolute atomic E-state index is 5.84. The largest absolute Gasteiger partial charge is 0.491 e. The lowest BCUT2D eigenvalue weighted by molar-refractivity contribution is 0.322. The number of hydrogen-bond acceptors (Lipinski definition) is 3. The fourth-order valence-electron chi connectivity index (χ4n) is 2.25. The zero-order chi connectivity index (χ0) is 11.4. The van der Waals surface area contributed by atoms with Gasteiger partial charge in [0.2, 0.25) is 0 Å². The molecular formula is C13H20N2O. The number of nitrogens with two attached hydrogens (primary N) is 1. The van der Waals surface area contributed by atoms with E-state index in [-0.39, 0.29) is 0 Å². The average Bonchev–Trinajstić information content (AvgIpc) is 2.54. The number of nitrogens with zero attached hydrogens (tertiary/aromatic N) is 1. The van der Waals surface area contributed by atoms with Crippen molar-refractivity contribution in [1.82, 2.24) is 0 Å². The minimum atomic E-state index is 0.419. The molecule has 0 radical (unpaired) electrons. The summed E-state index contributed by atoms with van der Waals surface area (Å²) in [6, 6.07) is 8.66. The molecule has 16 heavy (non-hydrogen) atoms. The van der Waals surface area contributed by atoms with Crippen LogP contribution in [0.25, 0.3) is 0 Å². The minimum Gasteiger partial charge on any atom is -0.491 e. The van der Waals surface area contributed by atoms with E-state index in [0.717, 1.165) is 31.7 Å². The van der Waals surface area contributed by atoms with Gasteiger partial charge >= 0.3 is 0 Å². The van der Waals surface area contributed by atoms with E-state index >= 15 is 0 Å². The Balaban J connectivity index is 2.31. The Hall–Kier alpha value is -1.22. The smallest absolute Gasteiger partial charge is 0.142 e. The van der Waals surface area contributed by atoms with Gasteiger partial charge in [-0.2, -0.15) is 0 Å². The first kappa shape index (κ1) is 11.3. The maximum atomic E-state index is 5.84. The van der Waals surface area contributed by atoms with Crippen LogP contribution in [0.2, 0.25) is 0 Å². The van der Waals surface area contributed by atoms with Crippen LogP contribution in [0.4, 0.5) is 5.69 Å². The second kappa shape index (κ2) is 5.21. The van der Waals surface area contributed by atoms with E-state index < -0.39 is 0 Å². The molecule has 0 aliphatic carbocycles. The van der Waals surface area contributed by atoms with E-state index in [1.165, 1.54) is 5.69 Å². The lowest BCUT2D eigenvalue weighted by Gasteiger charge is -2.31. The molecule has 0 amide bonds. The lowest BCUT2D eigenvalue weighted by Crippen LogP contribution is -2.40. The van der Waals surface area contributed by atoms with Crippen LogP contribution < -0.4 is 15.4 Å². The van der Waals surface area contributed by atoms with Gasteiger partial charge < -0.3 is 15.4 Å². The topological polar surface area (TPSA) is 38.5 Å². The summed E-state index contributed by atoms with van der Waals surface area (Å²) in [6.07, 6.45) is 2.13. The Morgan fingerprint density at radius 2 is 2.25 bits per heavy atom. The van der Waals surface area contributed by atoms with Gasteiger partial charge in [0, 0.05) is 19.1 Å². The second-order valence-electron chi connectivity index (χ2n) is 4.16. The summed E-state index contributed by atoms with van der Waals surface area (Å²) in [6.45, 7) is 4.72. The Labute approximate surface area is 97.2 Å².